The first-order valence-corrected chi connectivity index (χ1v) is 8.73. The lowest BCUT2D eigenvalue weighted by Crippen LogP contribution is -2.30. The number of likely N-dealkylation sites (tertiary alicyclic amines) is 1. The van der Waals surface area contributed by atoms with E-state index in [-0.39, 0.29) is 17.5 Å². The van der Waals surface area contributed by atoms with Gasteiger partial charge in [-0.3, -0.25) is 9.59 Å². The van der Waals surface area contributed by atoms with Gasteiger partial charge in [0.25, 0.3) is 5.56 Å². The van der Waals surface area contributed by atoms with Crippen molar-refractivity contribution in [3.05, 3.63) is 57.6 Å². The minimum Gasteiger partial charge on any atom is -0.384 e. The maximum absolute atomic E-state index is 12.6. The van der Waals surface area contributed by atoms with Gasteiger partial charge in [-0.25, -0.2) is 0 Å². The first kappa shape index (κ1) is 17.5. The number of nitrogens with one attached hydrogen (secondary N) is 1. The predicted molar refractivity (Wildman–Crippen MR) is 95.2 cm³/mol. The standard InChI is InChI=1S/C19H25N3O3/c1-21(2)13-14-5-7-15(8-6-14)17-4-3-11-22(17)19(24)10-9-16-12-18(23)20-25-16/h5-8,12,17H,3-4,9-11,13H2,1-2H3,(H,20,23). The van der Waals surface area contributed by atoms with Crippen LogP contribution in [0.15, 0.2) is 39.6 Å². The van der Waals surface area contributed by atoms with Crippen molar-refractivity contribution >= 4 is 5.91 Å². The van der Waals surface area contributed by atoms with Crippen LogP contribution in [0.5, 0.6) is 0 Å². The molecule has 134 valence electrons. The molecule has 6 heteroatoms. The van der Waals surface area contributed by atoms with Gasteiger partial charge < -0.3 is 14.3 Å². The Morgan fingerprint density at radius 3 is 2.72 bits per heavy atom. The number of nitrogens with zero attached hydrogens (tertiary/aromatic N) is 2. The van der Waals surface area contributed by atoms with Crippen LogP contribution in [-0.4, -0.2) is 41.5 Å². The second kappa shape index (κ2) is 7.70. The molecule has 2 heterocycles. The molecule has 1 aliphatic heterocycles. The summed E-state index contributed by atoms with van der Waals surface area (Å²) in [6.45, 7) is 1.70. The molecule has 2 aromatic rings. The smallest absolute Gasteiger partial charge is 0.280 e. The van der Waals surface area contributed by atoms with E-state index in [1.54, 1.807) is 0 Å². The van der Waals surface area contributed by atoms with E-state index in [4.69, 9.17) is 4.52 Å². The normalized spacial score (nSPS) is 17.4. The van der Waals surface area contributed by atoms with Crippen molar-refractivity contribution in [3.63, 3.8) is 0 Å². The summed E-state index contributed by atoms with van der Waals surface area (Å²) in [4.78, 5) is 27.8. The molecule has 1 saturated heterocycles. The molecule has 1 aromatic carbocycles. The Bertz CT molecular complexity index is 761. The molecule has 1 atom stereocenters. The molecule has 25 heavy (non-hydrogen) atoms. The van der Waals surface area contributed by atoms with E-state index in [2.05, 4.69) is 48.4 Å². The van der Waals surface area contributed by atoms with Gasteiger partial charge in [0.05, 0.1) is 6.04 Å². The lowest BCUT2D eigenvalue weighted by Gasteiger charge is -2.25. The zero-order valence-corrected chi connectivity index (χ0v) is 14.8. The van der Waals surface area contributed by atoms with Gasteiger partial charge in [0.1, 0.15) is 5.76 Å². The summed E-state index contributed by atoms with van der Waals surface area (Å²) in [7, 11) is 4.11. The molecular formula is C19H25N3O3. The van der Waals surface area contributed by atoms with E-state index < -0.39 is 0 Å². The van der Waals surface area contributed by atoms with Crippen molar-refractivity contribution < 1.29 is 9.32 Å². The fraction of sp³-hybridized carbons (Fsp3) is 0.474. The van der Waals surface area contributed by atoms with Gasteiger partial charge in [-0.05, 0) is 38.1 Å². The molecule has 1 N–H and O–H groups in total. The Kier molecular flexibility index (Phi) is 5.38. The summed E-state index contributed by atoms with van der Waals surface area (Å²) in [5.41, 5.74) is 2.20. The first-order chi connectivity index (χ1) is 12.0. The molecular weight excluding hydrogens is 318 g/mol. The Hall–Kier alpha value is -2.34. The van der Waals surface area contributed by atoms with Gasteiger partial charge in [-0.2, -0.15) is 5.16 Å². The Morgan fingerprint density at radius 1 is 1.32 bits per heavy atom. The average molecular weight is 343 g/mol. The first-order valence-electron chi connectivity index (χ1n) is 8.73. The van der Waals surface area contributed by atoms with Gasteiger partial charge in [-0.15, -0.1) is 0 Å². The van der Waals surface area contributed by atoms with E-state index in [1.807, 2.05) is 4.90 Å². The molecule has 1 aliphatic rings. The van der Waals surface area contributed by atoms with Gasteiger partial charge in [0.2, 0.25) is 5.91 Å². The summed E-state index contributed by atoms with van der Waals surface area (Å²) >= 11 is 0. The van der Waals surface area contributed by atoms with E-state index in [9.17, 15) is 9.59 Å². The highest BCUT2D eigenvalue weighted by Gasteiger charge is 2.29. The van der Waals surface area contributed by atoms with Crippen LogP contribution in [0.4, 0.5) is 0 Å². The third-order valence-corrected chi connectivity index (χ3v) is 4.60. The lowest BCUT2D eigenvalue weighted by molar-refractivity contribution is -0.132. The van der Waals surface area contributed by atoms with Crippen molar-refractivity contribution in [2.75, 3.05) is 20.6 Å². The predicted octanol–water partition coefficient (Wildman–Crippen LogP) is 2.33. The van der Waals surface area contributed by atoms with Crippen molar-refractivity contribution in [1.82, 2.24) is 15.0 Å². The summed E-state index contributed by atoms with van der Waals surface area (Å²) in [6.07, 6.45) is 2.83. The SMILES string of the molecule is CN(C)Cc1ccc(C2CCCN2C(=O)CCc2cc(=O)[nH]o2)cc1. The molecule has 3 rings (SSSR count). The maximum Gasteiger partial charge on any atom is 0.280 e. The van der Waals surface area contributed by atoms with Crippen molar-refractivity contribution in [2.45, 2.75) is 38.3 Å². The highest BCUT2D eigenvalue weighted by Crippen LogP contribution is 2.32. The number of carbonyl (C=O) groups excluding carboxylic acids is 1. The second-order valence-electron chi connectivity index (χ2n) is 6.90. The quantitative estimate of drug-likeness (QED) is 0.874. The zero-order chi connectivity index (χ0) is 17.8. The average Bonchev–Trinajstić information content (AvgIpc) is 3.22. The largest absolute Gasteiger partial charge is 0.384 e. The maximum atomic E-state index is 12.6. The fourth-order valence-corrected chi connectivity index (χ4v) is 3.44. The van der Waals surface area contributed by atoms with E-state index in [0.717, 1.165) is 25.9 Å². The highest BCUT2D eigenvalue weighted by molar-refractivity contribution is 5.77. The number of hydrogen-bond donors (Lipinski definition) is 1. The van der Waals surface area contributed by atoms with Crippen LogP contribution in [0, 0.1) is 0 Å². The summed E-state index contributed by atoms with van der Waals surface area (Å²) in [5, 5.41) is 2.26. The minimum atomic E-state index is -0.265. The van der Waals surface area contributed by atoms with E-state index in [0.29, 0.717) is 18.6 Å². The molecule has 0 radical (unpaired) electrons. The molecule has 0 aliphatic carbocycles. The van der Waals surface area contributed by atoms with Crippen LogP contribution in [0.2, 0.25) is 0 Å². The molecule has 6 nitrogen and oxygen atoms in total. The summed E-state index contributed by atoms with van der Waals surface area (Å²) in [6, 6.07) is 10.1. The summed E-state index contributed by atoms with van der Waals surface area (Å²) in [5.74, 6) is 0.644. The van der Waals surface area contributed by atoms with E-state index >= 15 is 0 Å². The minimum absolute atomic E-state index is 0.115. The number of hydrogen-bond acceptors (Lipinski definition) is 4. The van der Waals surface area contributed by atoms with Crippen molar-refractivity contribution in [3.8, 4) is 0 Å². The van der Waals surface area contributed by atoms with Gasteiger partial charge >= 0.3 is 0 Å². The monoisotopic (exact) mass is 343 g/mol. The van der Waals surface area contributed by atoms with Crippen molar-refractivity contribution in [2.24, 2.45) is 0 Å². The lowest BCUT2D eigenvalue weighted by atomic mass is 10.0. The molecule has 1 fully saturated rings. The third-order valence-electron chi connectivity index (χ3n) is 4.60. The number of aromatic amines is 1. The number of aryl methyl sites for hydroxylation is 1. The van der Waals surface area contributed by atoms with Crippen LogP contribution in [0.3, 0.4) is 0 Å². The van der Waals surface area contributed by atoms with Gasteiger partial charge in [0, 0.05) is 32.0 Å². The molecule has 0 saturated carbocycles. The second-order valence-corrected chi connectivity index (χ2v) is 6.90. The molecule has 1 amide bonds. The van der Waals surface area contributed by atoms with Gasteiger partial charge in [-0.1, -0.05) is 24.3 Å². The number of amides is 1. The molecule has 0 bridgehead atoms. The van der Waals surface area contributed by atoms with E-state index in [1.165, 1.54) is 17.2 Å². The Balaban J connectivity index is 1.63. The van der Waals surface area contributed by atoms with Crippen LogP contribution >= 0.6 is 0 Å². The Labute approximate surface area is 147 Å². The number of H-pyrrole nitrogens is 1. The van der Waals surface area contributed by atoms with Gasteiger partial charge in [0.15, 0.2) is 0 Å². The fourth-order valence-electron chi connectivity index (χ4n) is 3.44. The summed E-state index contributed by atoms with van der Waals surface area (Å²) < 4.78 is 5.02. The van der Waals surface area contributed by atoms with Crippen LogP contribution in [-0.2, 0) is 17.8 Å². The highest BCUT2D eigenvalue weighted by atomic mass is 16.5. The number of carbonyl (C=O) groups is 1. The van der Waals surface area contributed by atoms with Crippen molar-refractivity contribution in [1.29, 1.82) is 0 Å². The Morgan fingerprint density at radius 2 is 2.08 bits per heavy atom. The zero-order valence-electron chi connectivity index (χ0n) is 14.8. The van der Waals surface area contributed by atoms with Crippen LogP contribution < -0.4 is 5.56 Å². The number of benzene rings is 1. The number of aromatic nitrogens is 1. The molecule has 1 unspecified atom stereocenters. The van der Waals surface area contributed by atoms with Crippen LogP contribution in [0.1, 0.15) is 42.2 Å². The third kappa shape index (κ3) is 4.39. The number of rotatable bonds is 6. The van der Waals surface area contributed by atoms with Crippen LogP contribution in [0.25, 0.3) is 0 Å². The molecule has 0 spiro atoms. The molecule has 1 aromatic heterocycles. The topological polar surface area (TPSA) is 69.6 Å².